The van der Waals surface area contributed by atoms with Gasteiger partial charge in [-0.15, -0.1) is 5.10 Å². The van der Waals surface area contributed by atoms with E-state index in [2.05, 4.69) is 25.6 Å². The van der Waals surface area contributed by atoms with Crippen molar-refractivity contribution in [2.75, 3.05) is 5.32 Å². The summed E-state index contributed by atoms with van der Waals surface area (Å²) in [5.74, 6) is -0.291. The molecule has 1 N–H and O–H groups in total. The second kappa shape index (κ2) is 9.12. The van der Waals surface area contributed by atoms with E-state index in [1.54, 1.807) is 30.3 Å². The van der Waals surface area contributed by atoms with Crippen LogP contribution in [0.25, 0.3) is 5.69 Å². The molecular weight excluding hydrogens is 404 g/mol. The third-order valence-electron chi connectivity index (χ3n) is 4.49. The molecule has 0 unspecified atom stereocenters. The Morgan fingerprint density at radius 2 is 1.87 bits per heavy atom. The van der Waals surface area contributed by atoms with E-state index in [-0.39, 0.29) is 11.7 Å². The molecule has 0 fully saturated rings. The molecule has 4 aromatic rings. The number of benzene rings is 3. The van der Waals surface area contributed by atoms with Gasteiger partial charge in [0.05, 0.1) is 5.69 Å². The first-order chi connectivity index (χ1) is 15.1. The van der Waals surface area contributed by atoms with Crippen molar-refractivity contribution in [2.45, 2.75) is 13.0 Å². The fourth-order valence-electron chi connectivity index (χ4n) is 3.09. The Labute approximate surface area is 176 Å². The molecule has 0 aliphatic heterocycles. The number of hydrogen-bond donors (Lipinski definition) is 1. The maximum atomic E-state index is 12.8. The summed E-state index contributed by atoms with van der Waals surface area (Å²) >= 11 is 0. The lowest BCUT2D eigenvalue weighted by atomic mass is 10.0. The molecule has 0 aliphatic rings. The first-order valence-corrected chi connectivity index (χ1v) is 9.35. The number of carbonyl (C=O) groups is 1. The van der Waals surface area contributed by atoms with Crippen molar-refractivity contribution in [1.82, 2.24) is 20.2 Å². The molecule has 156 valence electrons. The maximum absolute atomic E-state index is 12.8. The SMILES string of the molecule is O=C(Nc1ccc(OC(F)F)c(Cc2ccccc2)c1)c1cccc(-n2cnnn2)c1. The number of alkyl halides is 2. The molecule has 0 radical (unpaired) electrons. The topological polar surface area (TPSA) is 81.9 Å². The van der Waals surface area contributed by atoms with Crippen molar-refractivity contribution >= 4 is 11.6 Å². The molecule has 1 heterocycles. The Morgan fingerprint density at radius 1 is 1.03 bits per heavy atom. The summed E-state index contributed by atoms with van der Waals surface area (Å²) in [6.45, 7) is -2.94. The molecular formula is C22H17F2N5O2. The van der Waals surface area contributed by atoms with Crippen LogP contribution >= 0.6 is 0 Å². The molecule has 4 rings (SSSR count). The largest absolute Gasteiger partial charge is 0.435 e. The number of nitrogens with one attached hydrogen (secondary N) is 1. The fourth-order valence-corrected chi connectivity index (χ4v) is 3.09. The van der Waals surface area contributed by atoms with Crippen LogP contribution in [0.5, 0.6) is 5.75 Å². The molecule has 3 aromatic carbocycles. The Balaban J connectivity index is 1.57. The smallest absolute Gasteiger partial charge is 0.387 e. The maximum Gasteiger partial charge on any atom is 0.387 e. The molecule has 9 heteroatoms. The quantitative estimate of drug-likeness (QED) is 0.486. The Morgan fingerprint density at radius 3 is 2.61 bits per heavy atom. The number of carbonyl (C=O) groups excluding carboxylic acids is 1. The minimum Gasteiger partial charge on any atom is -0.435 e. The third-order valence-corrected chi connectivity index (χ3v) is 4.49. The van der Waals surface area contributed by atoms with E-state index >= 15 is 0 Å². The summed E-state index contributed by atoms with van der Waals surface area (Å²) in [6.07, 6.45) is 1.80. The van der Waals surface area contributed by atoms with Gasteiger partial charge >= 0.3 is 6.61 Å². The zero-order chi connectivity index (χ0) is 21.6. The van der Waals surface area contributed by atoms with E-state index in [9.17, 15) is 13.6 Å². The summed E-state index contributed by atoms with van der Waals surface area (Å²) in [6, 6.07) is 20.8. The summed E-state index contributed by atoms with van der Waals surface area (Å²) < 4.78 is 31.7. The number of halogens is 2. The van der Waals surface area contributed by atoms with Crippen LogP contribution in [-0.4, -0.2) is 32.7 Å². The fraction of sp³-hybridized carbons (Fsp3) is 0.0909. The average molecular weight is 421 g/mol. The lowest BCUT2D eigenvalue weighted by molar-refractivity contribution is -0.0503. The number of rotatable bonds is 7. The molecule has 0 bridgehead atoms. The Kier molecular flexibility index (Phi) is 5.93. The number of hydrogen-bond acceptors (Lipinski definition) is 5. The third kappa shape index (κ3) is 5.08. The summed E-state index contributed by atoms with van der Waals surface area (Å²) in [4.78, 5) is 12.7. The number of ether oxygens (including phenoxy) is 1. The van der Waals surface area contributed by atoms with Crippen molar-refractivity contribution in [1.29, 1.82) is 0 Å². The second-order valence-corrected chi connectivity index (χ2v) is 6.62. The van der Waals surface area contributed by atoms with Gasteiger partial charge in [0.2, 0.25) is 0 Å². The number of amides is 1. The van der Waals surface area contributed by atoms with Gasteiger partial charge in [-0.1, -0.05) is 36.4 Å². The molecule has 0 saturated heterocycles. The molecule has 0 spiro atoms. The lowest BCUT2D eigenvalue weighted by Gasteiger charge is -2.14. The minimum absolute atomic E-state index is 0.0672. The second-order valence-electron chi connectivity index (χ2n) is 6.62. The van der Waals surface area contributed by atoms with Crippen LogP contribution in [0.15, 0.2) is 79.1 Å². The number of aromatic nitrogens is 4. The molecule has 1 aromatic heterocycles. The van der Waals surface area contributed by atoms with Gasteiger partial charge in [0, 0.05) is 23.2 Å². The normalized spacial score (nSPS) is 10.8. The predicted molar refractivity (Wildman–Crippen MR) is 109 cm³/mol. The number of nitrogens with zero attached hydrogens (tertiary/aromatic N) is 4. The van der Waals surface area contributed by atoms with E-state index in [1.807, 2.05) is 30.3 Å². The van der Waals surface area contributed by atoms with Gasteiger partial charge in [0.15, 0.2) is 0 Å². The van der Waals surface area contributed by atoms with Crippen LogP contribution < -0.4 is 10.1 Å². The summed E-state index contributed by atoms with van der Waals surface area (Å²) in [5, 5.41) is 13.8. The van der Waals surface area contributed by atoms with Gasteiger partial charge in [0.1, 0.15) is 12.1 Å². The van der Waals surface area contributed by atoms with Gasteiger partial charge in [-0.05, 0) is 52.4 Å². The molecule has 31 heavy (non-hydrogen) atoms. The molecule has 0 atom stereocenters. The van der Waals surface area contributed by atoms with Crippen LogP contribution in [0.4, 0.5) is 14.5 Å². The Hall–Kier alpha value is -4.14. The minimum atomic E-state index is -2.94. The lowest BCUT2D eigenvalue weighted by Crippen LogP contribution is -2.13. The zero-order valence-electron chi connectivity index (χ0n) is 16.2. The molecule has 1 amide bonds. The molecule has 0 aliphatic carbocycles. The van der Waals surface area contributed by atoms with Crippen molar-refractivity contribution in [3.05, 3.63) is 95.8 Å². The van der Waals surface area contributed by atoms with Gasteiger partial charge in [-0.3, -0.25) is 4.79 Å². The molecule has 7 nitrogen and oxygen atoms in total. The average Bonchev–Trinajstić information content (AvgIpc) is 3.31. The van der Waals surface area contributed by atoms with Crippen LogP contribution in [0.3, 0.4) is 0 Å². The monoisotopic (exact) mass is 421 g/mol. The van der Waals surface area contributed by atoms with Crippen LogP contribution in [0.1, 0.15) is 21.5 Å². The first-order valence-electron chi connectivity index (χ1n) is 9.35. The first kappa shape index (κ1) is 20.1. The highest BCUT2D eigenvalue weighted by Gasteiger charge is 2.14. The van der Waals surface area contributed by atoms with E-state index < -0.39 is 6.61 Å². The van der Waals surface area contributed by atoms with Gasteiger partial charge in [-0.2, -0.15) is 8.78 Å². The van der Waals surface area contributed by atoms with Gasteiger partial charge < -0.3 is 10.1 Å². The van der Waals surface area contributed by atoms with Crippen LogP contribution in [0, 0.1) is 0 Å². The highest BCUT2D eigenvalue weighted by molar-refractivity contribution is 6.04. The van der Waals surface area contributed by atoms with E-state index in [0.29, 0.717) is 28.9 Å². The van der Waals surface area contributed by atoms with Gasteiger partial charge in [0.25, 0.3) is 5.91 Å². The van der Waals surface area contributed by atoms with Crippen LogP contribution in [0.2, 0.25) is 0 Å². The zero-order valence-corrected chi connectivity index (χ0v) is 16.2. The van der Waals surface area contributed by atoms with Crippen molar-refractivity contribution in [3.63, 3.8) is 0 Å². The highest BCUT2D eigenvalue weighted by atomic mass is 19.3. The van der Waals surface area contributed by atoms with Crippen molar-refractivity contribution in [2.24, 2.45) is 0 Å². The number of anilines is 1. The highest BCUT2D eigenvalue weighted by Crippen LogP contribution is 2.27. The van der Waals surface area contributed by atoms with E-state index in [0.717, 1.165) is 5.56 Å². The van der Waals surface area contributed by atoms with Gasteiger partial charge in [-0.25, -0.2) is 4.68 Å². The van der Waals surface area contributed by atoms with Crippen molar-refractivity contribution < 1.29 is 18.3 Å². The van der Waals surface area contributed by atoms with Crippen LogP contribution in [-0.2, 0) is 6.42 Å². The number of tetrazole rings is 1. The Bertz CT molecular complexity index is 1170. The van der Waals surface area contributed by atoms with E-state index in [1.165, 1.54) is 23.1 Å². The standard InChI is InChI=1S/C22H17F2N5O2/c23-22(24)31-20-10-9-18(12-17(20)11-15-5-2-1-3-6-15)26-21(30)16-7-4-8-19(13-16)29-14-25-27-28-29/h1-10,12-14,22H,11H2,(H,26,30). The van der Waals surface area contributed by atoms with Crippen molar-refractivity contribution in [3.8, 4) is 11.4 Å². The van der Waals surface area contributed by atoms with E-state index in [4.69, 9.17) is 0 Å². The summed E-state index contributed by atoms with van der Waals surface area (Å²) in [5.41, 5.74) is 2.95. The molecule has 0 saturated carbocycles. The summed E-state index contributed by atoms with van der Waals surface area (Å²) in [7, 11) is 0. The predicted octanol–water partition coefficient (Wildman–Crippen LogP) is 4.11.